The minimum absolute atomic E-state index is 0.128. The van der Waals surface area contributed by atoms with Crippen LogP contribution in [0.4, 0.5) is 0 Å². The lowest BCUT2D eigenvalue weighted by atomic mass is 9.79. The van der Waals surface area contributed by atoms with Gasteiger partial charge in [-0.15, -0.1) is 0 Å². The summed E-state index contributed by atoms with van der Waals surface area (Å²) in [5.74, 6) is -0.598. The summed E-state index contributed by atoms with van der Waals surface area (Å²) in [5.41, 5.74) is 0.825. The van der Waals surface area contributed by atoms with Gasteiger partial charge in [-0.2, -0.15) is 0 Å². The number of benzene rings is 1. The second-order valence-electron chi connectivity index (χ2n) is 6.78. The Labute approximate surface area is 140 Å². The highest BCUT2D eigenvalue weighted by molar-refractivity contribution is 14.1. The lowest BCUT2D eigenvalue weighted by Crippen LogP contribution is -2.33. The van der Waals surface area contributed by atoms with Crippen LogP contribution in [0.1, 0.15) is 52.2 Å². The molecule has 0 N–H and O–H groups in total. The van der Waals surface area contributed by atoms with E-state index in [0.29, 0.717) is 0 Å². The average molecular weight is 402 g/mol. The third kappa shape index (κ3) is 5.09. The Balaban J connectivity index is 2.89. The van der Waals surface area contributed by atoms with E-state index in [0.717, 1.165) is 9.13 Å². The third-order valence-electron chi connectivity index (χ3n) is 3.32. The molecule has 0 bridgehead atoms. The van der Waals surface area contributed by atoms with E-state index < -0.39 is 17.0 Å². The number of carbonyl (C=O) groups excluding carboxylic acids is 2. The maximum atomic E-state index is 12.5. The van der Waals surface area contributed by atoms with Crippen molar-refractivity contribution in [2.75, 3.05) is 0 Å². The number of ether oxygens (including phenoxy) is 1. The van der Waals surface area contributed by atoms with Gasteiger partial charge in [0.15, 0.2) is 5.78 Å². The van der Waals surface area contributed by atoms with E-state index in [4.69, 9.17) is 4.74 Å². The number of hydrogen-bond acceptors (Lipinski definition) is 3. The number of ketones is 1. The molecule has 0 unspecified atom stereocenters. The molecular weight excluding hydrogens is 379 g/mol. The zero-order valence-electron chi connectivity index (χ0n) is 13.5. The third-order valence-corrected chi connectivity index (χ3v) is 4.48. The molecule has 0 heterocycles. The maximum Gasteiger partial charge on any atom is 0.313 e. The van der Waals surface area contributed by atoms with Gasteiger partial charge < -0.3 is 4.74 Å². The maximum absolute atomic E-state index is 12.5. The average Bonchev–Trinajstić information content (AvgIpc) is 2.29. The van der Waals surface area contributed by atoms with Crippen LogP contribution in [-0.2, 0) is 19.7 Å². The van der Waals surface area contributed by atoms with Crippen LogP contribution in [0.25, 0.3) is 0 Å². The van der Waals surface area contributed by atoms with Crippen molar-refractivity contribution in [3.05, 3.63) is 32.9 Å². The normalized spacial score (nSPS) is 12.1. The van der Waals surface area contributed by atoms with Crippen LogP contribution >= 0.6 is 22.6 Å². The highest BCUT2D eigenvalue weighted by Gasteiger charge is 2.32. The van der Waals surface area contributed by atoms with Gasteiger partial charge in [-0.05, 0) is 81.3 Å². The first-order valence-corrected chi connectivity index (χ1v) is 8.03. The smallest absolute Gasteiger partial charge is 0.313 e. The second-order valence-corrected chi connectivity index (χ2v) is 7.94. The van der Waals surface area contributed by atoms with E-state index >= 15 is 0 Å². The van der Waals surface area contributed by atoms with Crippen molar-refractivity contribution in [2.45, 2.75) is 59.0 Å². The van der Waals surface area contributed by atoms with Crippen LogP contribution in [0.2, 0.25) is 0 Å². The zero-order valence-corrected chi connectivity index (χ0v) is 15.7. The predicted molar refractivity (Wildman–Crippen MR) is 92.4 cm³/mol. The SMILES string of the molecule is Cc1ccc(C(C)(C)C(=O)CC(=O)OC(C)(C)C)cc1I. The highest BCUT2D eigenvalue weighted by atomic mass is 127. The lowest BCUT2D eigenvalue weighted by Gasteiger charge is -2.25. The first-order valence-electron chi connectivity index (χ1n) is 6.95. The summed E-state index contributed by atoms with van der Waals surface area (Å²) in [4.78, 5) is 24.3. The Kier molecular flexibility index (Phi) is 5.58. The van der Waals surface area contributed by atoms with Gasteiger partial charge in [0, 0.05) is 8.99 Å². The van der Waals surface area contributed by atoms with Crippen LogP contribution < -0.4 is 0 Å². The number of hydrogen-bond donors (Lipinski definition) is 0. The summed E-state index contributed by atoms with van der Waals surface area (Å²) >= 11 is 2.25. The molecule has 0 saturated heterocycles. The Morgan fingerprint density at radius 3 is 2.19 bits per heavy atom. The lowest BCUT2D eigenvalue weighted by molar-refractivity contribution is -0.156. The molecule has 0 spiro atoms. The number of carbonyl (C=O) groups is 2. The second kappa shape index (κ2) is 6.46. The molecule has 4 heteroatoms. The molecule has 116 valence electrons. The summed E-state index contributed by atoms with van der Waals surface area (Å²) in [7, 11) is 0. The van der Waals surface area contributed by atoms with Crippen LogP contribution in [0, 0.1) is 10.5 Å². The molecule has 1 aromatic rings. The van der Waals surface area contributed by atoms with Gasteiger partial charge in [-0.25, -0.2) is 0 Å². The predicted octanol–water partition coefficient (Wildman–Crippen LogP) is 4.18. The van der Waals surface area contributed by atoms with Gasteiger partial charge in [0.05, 0.1) is 0 Å². The zero-order chi connectivity index (χ0) is 16.4. The summed E-state index contributed by atoms with van der Waals surface area (Å²) in [6.07, 6.45) is -0.200. The molecular formula is C17H23IO3. The number of Topliss-reactive ketones (excluding diaryl/α,β-unsaturated/α-hetero) is 1. The minimum atomic E-state index is -0.704. The molecule has 0 aliphatic carbocycles. The number of aryl methyl sites for hydroxylation is 1. The molecule has 21 heavy (non-hydrogen) atoms. The summed E-state index contributed by atoms with van der Waals surface area (Å²) in [6, 6.07) is 5.95. The standard InChI is InChI=1S/C17H23IO3/c1-11-7-8-12(9-13(11)18)17(5,6)14(19)10-15(20)21-16(2,3)4/h7-9H,10H2,1-6H3. The van der Waals surface area contributed by atoms with Gasteiger partial charge in [0.1, 0.15) is 12.0 Å². The van der Waals surface area contributed by atoms with E-state index in [-0.39, 0.29) is 12.2 Å². The largest absolute Gasteiger partial charge is 0.460 e. The van der Waals surface area contributed by atoms with Crippen molar-refractivity contribution >= 4 is 34.3 Å². The van der Waals surface area contributed by atoms with Crippen molar-refractivity contribution in [1.82, 2.24) is 0 Å². The summed E-state index contributed by atoms with van der Waals surface area (Å²) in [5, 5.41) is 0. The Hall–Kier alpha value is -0.910. The van der Waals surface area contributed by atoms with Gasteiger partial charge in [0.2, 0.25) is 0 Å². The Morgan fingerprint density at radius 2 is 1.71 bits per heavy atom. The van der Waals surface area contributed by atoms with Crippen LogP contribution in [0.15, 0.2) is 18.2 Å². The van der Waals surface area contributed by atoms with E-state index in [1.165, 1.54) is 5.56 Å². The molecule has 0 aliphatic rings. The van der Waals surface area contributed by atoms with Crippen LogP contribution in [0.3, 0.4) is 0 Å². The number of rotatable bonds is 4. The fourth-order valence-corrected chi connectivity index (χ4v) is 2.39. The summed E-state index contributed by atoms with van der Waals surface area (Å²) in [6.45, 7) is 11.1. The van der Waals surface area contributed by atoms with Crippen LogP contribution in [0.5, 0.6) is 0 Å². The van der Waals surface area contributed by atoms with Crippen molar-refractivity contribution in [2.24, 2.45) is 0 Å². The van der Waals surface area contributed by atoms with Crippen molar-refractivity contribution in [3.8, 4) is 0 Å². The number of halogens is 1. The topological polar surface area (TPSA) is 43.4 Å². The molecule has 0 aliphatic heterocycles. The first-order chi connectivity index (χ1) is 9.43. The molecule has 0 radical (unpaired) electrons. The van der Waals surface area contributed by atoms with Gasteiger partial charge in [-0.3, -0.25) is 9.59 Å². The van der Waals surface area contributed by atoms with Gasteiger partial charge >= 0.3 is 5.97 Å². The monoisotopic (exact) mass is 402 g/mol. The van der Waals surface area contributed by atoms with Crippen molar-refractivity contribution in [3.63, 3.8) is 0 Å². The van der Waals surface area contributed by atoms with Crippen molar-refractivity contribution < 1.29 is 14.3 Å². The summed E-state index contributed by atoms with van der Waals surface area (Å²) < 4.78 is 6.34. The molecule has 0 fully saturated rings. The van der Waals surface area contributed by atoms with E-state index in [1.54, 1.807) is 20.8 Å². The Bertz CT molecular complexity index is 554. The van der Waals surface area contributed by atoms with Crippen molar-refractivity contribution in [1.29, 1.82) is 0 Å². The Morgan fingerprint density at radius 1 is 1.14 bits per heavy atom. The van der Waals surface area contributed by atoms with Gasteiger partial charge in [-0.1, -0.05) is 12.1 Å². The molecule has 0 atom stereocenters. The van der Waals surface area contributed by atoms with E-state index in [2.05, 4.69) is 22.6 Å². The number of esters is 1. The molecule has 0 aromatic heterocycles. The fourth-order valence-electron chi connectivity index (χ4n) is 1.87. The molecule has 0 saturated carbocycles. The van der Waals surface area contributed by atoms with E-state index in [9.17, 15) is 9.59 Å². The first kappa shape index (κ1) is 18.1. The quantitative estimate of drug-likeness (QED) is 0.431. The minimum Gasteiger partial charge on any atom is -0.460 e. The fraction of sp³-hybridized carbons (Fsp3) is 0.529. The van der Waals surface area contributed by atoms with Crippen LogP contribution in [-0.4, -0.2) is 17.4 Å². The van der Waals surface area contributed by atoms with Gasteiger partial charge in [0.25, 0.3) is 0 Å². The van der Waals surface area contributed by atoms with E-state index in [1.807, 2.05) is 39.0 Å². The molecule has 3 nitrogen and oxygen atoms in total. The molecule has 1 aromatic carbocycles. The molecule has 1 rings (SSSR count). The molecule has 0 amide bonds. The highest BCUT2D eigenvalue weighted by Crippen LogP contribution is 2.28.